The molecule has 0 unspecified atom stereocenters. The molecule has 16 heavy (non-hydrogen) atoms. The maximum absolute atomic E-state index is 13.4. The summed E-state index contributed by atoms with van der Waals surface area (Å²) in [5, 5.41) is 10.4. The number of benzene rings is 1. The molecule has 0 fully saturated rings. The average molecular weight is 231 g/mol. The van der Waals surface area contributed by atoms with E-state index in [1.54, 1.807) is 13.8 Å². The normalized spacial score (nSPS) is 10.6. The van der Waals surface area contributed by atoms with Crippen molar-refractivity contribution in [1.29, 1.82) is 0 Å². The molecule has 0 aliphatic heterocycles. The fraction of sp³-hybridized carbons (Fsp3) is 0.400. The summed E-state index contributed by atoms with van der Waals surface area (Å²) in [5.74, 6) is -2.84. The van der Waals surface area contributed by atoms with Crippen molar-refractivity contribution in [3.8, 4) is 5.75 Å². The Balaban J connectivity index is 3.06. The second kappa shape index (κ2) is 4.87. The molecule has 0 aliphatic rings. The number of hydrogen-bond donors (Lipinski definition) is 0. The fourth-order valence-corrected chi connectivity index (χ4v) is 1.05. The lowest BCUT2D eigenvalue weighted by Crippen LogP contribution is -2.08. The Morgan fingerprint density at radius 3 is 2.56 bits per heavy atom. The van der Waals surface area contributed by atoms with Crippen molar-refractivity contribution in [3.63, 3.8) is 0 Å². The smallest absolute Gasteiger partial charge is 0.308 e. The van der Waals surface area contributed by atoms with Crippen molar-refractivity contribution in [2.75, 3.05) is 6.61 Å². The maximum Gasteiger partial charge on any atom is 0.308 e. The highest BCUT2D eigenvalue weighted by Crippen LogP contribution is 2.29. The molecule has 0 bridgehead atoms. The third-order valence-corrected chi connectivity index (χ3v) is 1.79. The zero-order valence-corrected chi connectivity index (χ0v) is 8.87. The second-order valence-electron chi connectivity index (χ2n) is 3.67. The number of nitrogens with zero attached hydrogens (tertiary/aromatic N) is 1. The molecule has 88 valence electrons. The van der Waals surface area contributed by atoms with Gasteiger partial charge >= 0.3 is 5.69 Å². The van der Waals surface area contributed by atoms with E-state index in [0.717, 1.165) is 12.1 Å². The summed E-state index contributed by atoms with van der Waals surface area (Å²) in [4.78, 5) is 9.49. The molecule has 0 N–H and O–H groups in total. The van der Waals surface area contributed by atoms with Gasteiger partial charge in [0.25, 0.3) is 0 Å². The minimum Gasteiger partial charge on any atom is -0.487 e. The van der Waals surface area contributed by atoms with E-state index in [1.807, 2.05) is 0 Å². The molecular weight excluding hydrogens is 220 g/mol. The topological polar surface area (TPSA) is 52.4 Å². The first-order valence-electron chi connectivity index (χ1n) is 4.68. The number of nitro benzene ring substituents is 1. The van der Waals surface area contributed by atoms with Gasteiger partial charge in [-0.05, 0) is 12.0 Å². The largest absolute Gasteiger partial charge is 0.487 e. The Morgan fingerprint density at radius 1 is 1.44 bits per heavy atom. The number of nitro groups is 1. The van der Waals surface area contributed by atoms with Crippen LogP contribution in [0.4, 0.5) is 14.5 Å². The first-order chi connectivity index (χ1) is 7.43. The minimum atomic E-state index is -1.27. The first-order valence-corrected chi connectivity index (χ1v) is 4.68. The molecule has 0 heterocycles. The number of ether oxygens (including phenoxy) is 1. The summed E-state index contributed by atoms with van der Waals surface area (Å²) >= 11 is 0. The van der Waals surface area contributed by atoms with Crippen LogP contribution < -0.4 is 4.74 Å². The van der Waals surface area contributed by atoms with Gasteiger partial charge in [-0.3, -0.25) is 10.1 Å². The van der Waals surface area contributed by atoms with Crippen molar-refractivity contribution >= 4 is 5.69 Å². The fourth-order valence-electron chi connectivity index (χ4n) is 1.05. The van der Waals surface area contributed by atoms with Crippen LogP contribution in [-0.4, -0.2) is 11.5 Å². The van der Waals surface area contributed by atoms with Crippen molar-refractivity contribution in [2.45, 2.75) is 13.8 Å². The lowest BCUT2D eigenvalue weighted by molar-refractivity contribution is -0.387. The van der Waals surface area contributed by atoms with E-state index in [4.69, 9.17) is 4.74 Å². The zero-order chi connectivity index (χ0) is 12.3. The van der Waals surface area contributed by atoms with E-state index in [0.29, 0.717) is 0 Å². The Morgan fingerprint density at radius 2 is 2.06 bits per heavy atom. The predicted molar refractivity (Wildman–Crippen MR) is 53.3 cm³/mol. The van der Waals surface area contributed by atoms with E-state index in [9.17, 15) is 18.9 Å². The van der Waals surface area contributed by atoms with E-state index in [1.165, 1.54) is 0 Å². The standard InChI is InChI=1S/C10H11F2NO3/c1-6(2)5-16-10-7(11)3-4-8(9(10)12)13(14)15/h3-4,6H,5H2,1-2H3. The Kier molecular flexibility index (Phi) is 3.76. The molecule has 1 rings (SSSR count). The van der Waals surface area contributed by atoms with Gasteiger partial charge in [0.05, 0.1) is 11.5 Å². The lowest BCUT2D eigenvalue weighted by atomic mass is 10.2. The average Bonchev–Trinajstić information content (AvgIpc) is 2.16. The van der Waals surface area contributed by atoms with Gasteiger partial charge < -0.3 is 4.74 Å². The van der Waals surface area contributed by atoms with Crippen molar-refractivity contribution in [1.82, 2.24) is 0 Å². The summed E-state index contributed by atoms with van der Waals surface area (Å²) in [5.41, 5.74) is -0.792. The molecule has 0 aliphatic carbocycles. The van der Waals surface area contributed by atoms with Gasteiger partial charge in [-0.2, -0.15) is 4.39 Å². The summed E-state index contributed by atoms with van der Waals surface area (Å²) in [6.45, 7) is 3.69. The molecule has 1 aromatic rings. The number of hydrogen-bond acceptors (Lipinski definition) is 3. The van der Waals surface area contributed by atoms with E-state index in [-0.39, 0.29) is 12.5 Å². The molecule has 1 aromatic carbocycles. The highest BCUT2D eigenvalue weighted by molar-refractivity contribution is 5.41. The second-order valence-corrected chi connectivity index (χ2v) is 3.67. The van der Waals surface area contributed by atoms with Gasteiger partial charge in [0.2, 0.25) is 5.82 Å². The van der Waals surface area contributed by atoms with Crippen LogP contribution >= 0.6 is 0 Å². The van der Waals surface area contributed by atoms with Crippen molar-refractivity contribution < 1.29 is 18.4 Å². The van der Waals surface area contributed by atoms with Gasteiger partial charge in [-0.15, -0.1) is 0 Å². The van der Waals surface area contributed by atoms with Crippen LogP contribution in [-0.2, 0) is 0 Å². The minimum absolute atomic E-state index is 0.0677. The van der Waals surface area contributed by atoms with Crippen LogP contribution in [0.5, 0.6) is 5.75 Å². The summed E-state index contributed by atoms with van der Waals surface area (Å²) in [6.07, 6.45) is 0. The predicted octanol–water partition coefficient (Wildman–Crippen LogP) is 2.91. The number of halogens is 2. The summed E-state index contributed by atoms with van der Waals surface area (Å²) in [6, 6.07) is 1.59. The van der Waals surface area contributed by atoms with E-state index < -0.39 is 28.0 Å². The Bertz CT molecular complexity index is 407. The van der Waals surface area contributed by atoms with Crippen LogP contribution in [0.25, 0.3) is 0 Å². The molecule has 6 heteroatoms. The van der Waals surface area contributed by atoms with E-state index >= 15 is 0 Å². The third kappa shape index (κ3) is 2.65. The van der Waals surface area contributed by atoms with Crippen LogP contribution in [0.2, 0.25) is 0 Å². The maximum atomic E-state index is 13.4. The quantitative estimate of drug-likeness (QED) is 0.591. The third-order valence-electron chi connectivity index (χ3n) is 1.79. The van der Waals surface area contributed by atoms with Crippen LogP contribution in [0.1, 0.15) is 13.8 Å². The molecular formula is C10H11F2NO3. The highest BCUT2D eigenvalue weighted by atomic mass is 19.1. The highest BCUT2D eigenvalue weighted by Gasteiger charge is 2.22. The van der Waals surface area contributed by atoms with Gasteiger partial charge in [0.1, 0.15) is 0 Å². The summed E-state index contributed by atoms with van der Waals surface area (Å²) < 4.78 is 31.4. The molecule has 0 aromatic heterocycles. The van der Waals surface area contributed by atoms with Gasteiger partial charge in [0.15, 0.2) is 11.6 Å². The molecule has 4 nitrogen and oxygen atoms in total. The Labute approximate surface area is 91.0 Å². The number of rotatable bonds is 4. The molecule has 0 radical (unpaired) electrons. The molecule has 0 saturated heterocycles. The molecule has 0 spiro atoms. The molecule has 0 saturated carbocycles. The van der Waals surface area contributed by atoms with Gasteiger partial charge in [-0.25, -0.2) is 4.39 Å². The monoisotopic (exact) mass is 231 g/mol. The summed E-state index contributed by atoms with van der Waals surface area (Å²) in [7, 11) is 0. The van der Waals surface area contributed by atoms with Crippen molar-refractivity contribution in [3.05, 3.63) is 33.9 Å². The van der Waals surface area contributed by atoms with Gasteiger partial charge in [0, 0.05) is 6.07 Å². The lowest BCUT2D eigenvalue weighted by Gasteiger charge is -2.10. The Hall–Kier alpha value is -1.72. The van der Waals surface area contributed by atoms with E-state index in [2.05, 4.69) is 0 Å². The molecule has 0 atom stereocenters. The zero-order valence-electron chi connectivity index (χ0n) is 8.87. The van der Waals surface area contributed by atoms with Crippen LogP contribution in [0.15, 0.2) is 12.1 Å². The first kappa shape index (κ1) is 12.4. The van der Waals surface area contributed by atoms with Crippen molar-refractivity contribution in [2.24, 2.45) is 5.92 Å². The molecule has 0 amide bonds. The van der Waals surface area contributed by atoms with Crippen LogP contribution in [0, 0.1) is 27.7 Å². The van der Waals surface area contributed by atoms with Crippen LogP contribution in [0.3, 0.4) is 0 Å². The van der Waals surface area contributed by atoms with Gasteiger partial charge in [-0.1, -0.05) is 13.8 Å². The SMILES string of the molecule is CC(C)COc1c(F)ccc([N+](=O)[O-])c1F.